The van der Waals surface area contributed by atoms with Crippen molar-refractivity contribution in [3.63, 3.8) is 0 Å². The van der Waals surface area contributed by atoms with Crippen LogP contribution in [0.5, 0.6) is 0 Å². The molecule has 0 saturated carbocycles. The predicted octanol–water partition coefficient (Wildman–Crippen LogP) is 1.32. The van der Waals surface area contributed by atoms with Crippen LogP contribution in [-0.4, -0.2) is 44.5 Å². The Morgan fingerprint density at radius 1 is 1.38 bits per heavy atom. The van der Waals surface area contributed by atoms with Gasteiger partial charge >= 0.3 is 0 Å². The van der Waals surface area contributed by atoms with Gasteiger partial charge in [-0.15, -0.1) is 0 Å². The standard InChI is InChI=1S/C10H21NO2/c1-4-10(12)6-5-7-11(2)8-9-13-3/h4-9H2,1-3H3. The van der Waals surface area contributed by atoms with Crippen LogP contribution in [0.3, 0.4) is 0 Å². The summed E-state index contributed by atoms with van der Waals surface area (Å²) in [5.41, 5.74) is 0. The Bertz CT molecular complexity index is 137. The van der Waals surface area contributed by atoms with E-state index in [9.17, 15) is 4.79 Å². The lowest BCUT2D eigenvalue weighted by atomic mass is 10.2. The van der Waals surface area contributed by atoms with Crippen LogP contribution in [0.1, 0.15) is 26.2 Å². The highest BCUT2D eigenvalue weighted by Crippen LogP contribution is 1.96. The minimum Gasteiger partial charge on any atom is -0.383 e. The molecule has 0 aromatic heterocycles. The molecule has 0 aliphatic rings. The second-order valence-corrected chi connectivity index (χ2v) is 3.29. The fourth-order valence-electron chi connectivity index (χ4n) is 1.08. The van der Waals surface area contributed by atoms with Crippen molar-refractivity contribution in [2.75, 3.05) is 33.9 Å². The van der Waals surface area contributed by atoms with Crippen molar-refractivity contribution in [3.8, 4) is 0 Å². The largest absolute Gasteiger partial charge is 0.383 e. The van der Waals surface area contributed by atoms with Crippen LogP contribution in [0, 0.1) is 0 Å². The lowest BCUT2D eigenvalue weighted by molar-refractivity contribution is -0.118. The lowest BCUT2D eigenvalue weighted by Crippen LogP contribution is -2.24. The summed E-state index contributed by atoms with van der Waals surface area (Å²) < 4.78 is 4.95. The normalized spacial score (nSPS) is 10.8. The van der Waals surface area contributed by atoms with Crippen molar-refractivity contribution in [1.82, 2.24) is 4.90 Å². The first-order chi connectivity index (χ1) is 6.20. The number of Topliss-reactive ketones (excluding diaryl/α,β-unsaturated/α-hetero) is 1. The third-order valence-electron chi connectivity index (χ3n) is 2.07. The Kier molecular flexibility index (Phi) is 7.94. The number of carbonyl (C=O) groups is 1. The number of methoxy groups -OCH3 is 1. The highest BCUT2D eigenvalue weighted by molar-refractivity contribution is 5.77. The maximum Gasteiger partial charge on any atom is 0.132 e. The summed E-state index contributed by atoms with van der Waals surface area (Å²) >= 11 is 0. The molecule has 0 radical (unpaired) electrons. The number of ether oxygens (including phenoxy) is 1. The minimum atomic E-state index is 0.361. The summed E-state index contributed by atoms with van der Waals surface area (Å²) in [5.74, 6) is 0.361. The van der Waals surface area contributed by atoms with Gasteiger partial charge in [0, 0.05) is 26.5 Å². The molecule has 0 aromatic carbocycles. The molecule has 0 atom stereocenters. The summed E-state index contributed by atoms with van der Waals surface area (Å²) in [5, 5.41) is 0. The first-order valence-corrected chi connectivity index (χ1v) is 4.89. The van der Waals surface area contributed by atoms with Crippen molar-refractivity contribution in [2.24, 2.45) is 0 Å². The van der Waals surface area contributed by atoms with E-state index in [4.69, 9.17) is 4.74 Å². The lowest BCUT2D eigenvalue weighted by Gasteiger charge is -2.15. The topological polar surface area (TPSA) is 29.5 Å². The molecule has 0 saturated heterocycles. The maximum absolute atomic E-state index is 11.0. The van der Waals surface area contributed by atoms with Crippen LogP contribution in [-0.2, 0) is 9.53 Å². The van der Waals surface area contributed by atoms with E-state index in [1.54, 1.807) is 7.11 Å². The number of hydrogen-bond donors (Lipinski definition) is 0. The molecule has 0 aromatic rings. The molecule has 13 heavy (non-hydrogen) atoms. The van der Waals surface area contributed by atoms with Gasteiger partial charge in [0.15, 0.2) is 0 Å². The molecule has 0 aliphatic heterocycles. The summed E-state index contributed by atoms with van der Waals surface area (Å²) in [6.45, 7) is 4.60. The van der Waals surface area contributed by atoms with E-state index >= 15 is 0 Å². The van der Waals surface area contributed by atoms with Crippen molar-refractivity contribution < 1.29 is 9.53 Å². The van der Waals surface area contributed by atoms with Crippen molar-refractivity contribution in [2.45, 2.75) is 26.2 Å². The van der Waals surface area contributed by atoms with Gasteiger partial charge in [0.2, 0.25) is 0 Å². The van der Waals surface area contributed by atoms with Gasteiger partial charge in [0.05, 0.1) is 6.61 Å². The number of likely N-dealkylation sites (N-methyl/N-ethyl adjacent to an activating group) is 1. The predicted molar refractivity (Wildman–Crippen MR) is 53.9 cm³/mol. The van der Waals surface area contributed by atoms with Gasteiger partial charge in [-0.25, -0.2) is 0 Å². The molecule has 0 fully saturated rings. The SMILES string of the molecule is CCC(=O)CCCN(C)CCOC. The summed E-state index contributed by atoms with van der Waals surface area (Å²) in [4.78, 5) is 13.2. The van der Waals surface area contributed by atoms with Gasteiger partial charge in [-0.2, -0.15) is 0 Å². The average Bonchev–Trinajstić information content (AvgIpc) is 2.14. The van der Waals surface area contributed by atoms with E-state index in [1.165, 1.54) is 0 Å². The Balaban J connectivity index is 3.26. The van der Waals surface area contributed by atoms with Crippen LogP contribution in [0.4, 0.5) is 0 Å². The molecular formula is C10H21NO2. The number of hydrogen-bond acceptors (Lipinski definition) is 3. The van der Waals surface area contributed by atoms with E-state index in [0.717, 1.165) is 26.1 Å². The van der Waals surface area contributed by atoms with Crippen molar-refractivity contribution in [1.29, 1.82) is 0 Å². The van der Waals surface area contributed by atoms with Crippen LogP contribution in [0.15, 0.2) is 0 Å². The Morgan fingerprint density at radius 2 is 2.08 bits per heavy atom. The highest BCUT2D eigenvalue weighted by Gasteiger charge is 2.00. The van der Waals surface area contributed by atoms with Crippen LogP contribution in [0.2, 0.25) is 0 Å². The summed E-state index contributed by atoms with van der Waals surface area (Å²) in [6, 6.07) is 0. The number of ketones is 1. The quantitative estimate of drug-likeness (QED) is 0.574. The maximum atomic E-state index is 11.0. The molecule has 0 unspecified atom stereocenters. The molecule has 0 spiro atoms. The van der Waals surface area contributed by atoms with Crippen molar-refractivity contribution >= 4 is 5.78 Å². The van der Waals surface area contributed by atoms with E-state index in [-0.39, 0.29) is 0 Å². The zero-order valence-corrected chi connectivity index (χ0v) is 9.01. The average molecular weight is 187 g/mol. The number of rotatable bonds is 8. The Hall–Kier alpha value is -0.410. The van der Waals surface area contributed by atoms with Gasteiger partial charge in [0.1, 0.15) is 5.78 Å². The van der Waals surface area contributed by atoms with Gasteiger partial charge in [-0.1, -0.05) is 6.92 Å². The van der Waals surface area contributed by atoms with Gasteiger partial charge in [-0.3, -0.25) is 4.79 Å². The zero-order valence-electron chi connectivity index (χ0n) is 9.01. The van der Waals surface area contributed by atoms with Gasteiger partial charge in [0.25, 0.3) is 0 Å². The molecular weight excluding hydrogens is 166 g/mol. The monoisotopic (exact) mass is 187 g/mol. The second kappa shape index (κ2) is 8.20. The van der Waals surface area contributed by atoms with Crippen LogP contribution < -0.4 is 0 Å². The minimum absolute atomic E-state index is 0.361. The smallest absolute Gasteiger partial charge is 0.132 e. The molecule has 0 aliphatic carbocycles. The van der Waals surface area contributed by atoms with Crippen LogP contribution >= 0.6 is 0 Å². The van der Waals surface area contributed by atoms with E-state index < -0.39 is 0 Å². The Morgan fingerprint density at radius 3 is 2.62 bits per heavy atom. The molecule has 78 valence electrons. The molecule has 0 heterocycles. The van der Waals surface area contributed by atoms with E-state index in [2.05, 4.69) is 11.9 Å². The van der Waals surface area contributed by atoms with Crippen molar-refractivity contribution in [3.05, 3.63) is 0 Å². The highest BCUT2D eigenvalue weighted by atomic mass is 16.5. The van der Waals surface area contributed by atoms with Gasteiger partial charge < -0.3 is 9.64 Å². The van der Waals surface area contributed by atoms with Gasteiger partial charge in [-0.05, 0) is 20.0 Å². The first kappa shape index (κ1) is 12.6. The van der Waals surface area contributed by atoms with Crippen LogP contribution in [0.25, 0.3) is 0 Å². The number of nitrogens with zero attached hydrogens (tertiary/aromatic N) is 1. The summed E-state index contributed by atoms with van der Waals surface area (Å²) in [6.07, 6.45) is 2.35. The van der Waals surface area contributed by atoms with E-state index in [1.807, 2.05) is 6.92 Å². The zero-order chi connectivity index (χ0) is 10.1. The van der Waals surface area contributed by atoms with E-state index in [0.29, 0.717) is 18.6 Å². The molecule has 3 heteroatoms. The number of carbonyl (C=O) groups excluding carboxylic acids is 1. The molecule has 0 N–H and O–H groups in total. The molecule has 0 amide bonds. The Labute approximate surface area is 81.1 Å². The summed E-state index contributed by atoms with van der Waals surface area (Å²) in [7, 11) is 3.75. The molecule has 3 nitrogen and oxygen atoms in total. The molecule has 0 bridgehead atoms. The fourth-order valence-corrected chi connectivity index (χ4v) is 1.08. The fraction of sp³-hybridized carbons (Fsp3) is 0.900. The molecule has 0 rings (SSSR count). The third kappa shape index (κ3) is 7.94. The second-order valence-electron chi connectivity index (χ2n) is 3.29. The first-order valence-electron chi connectivity index (χ1n) is 4.89. The third-order valence-corrected chi connectivity index (χ3v) is 2.07.